The van der Waals surface area contributed by atoms with E-state index < -0.39 is 5.82 Å². The molecule has 0 atom stereocenters. The van der Waals surface area contributed by atoms with Crippen LogP contribution in [0.25, 0.3) is 0 Å². The van der Waals surface area contributed by atoms with Gasteiger partial charge >= 0.3 is 0 Å². The molecule has 0 bridgehead atoms. The van der Waals surface area contributed by atoms with Gasteiger partial charge in [-0.3, -0.25) is 4.68 Å². The molecule has 0 aliphatic carbocycles. The Morgan fingerprint density at radius 1 is 1.37 bits per heavy atom. The Hall–Kier alpha value is -1.39. The molecule has 2 rings (SSSR count). The molecule has 5 heteroatoms. The van der Waals surface area contributed by atoms with Gasteiger partial charge in [0.05, 0.1) is 17.3 Å². The molecule has 0 aliphatic rings. The minimum atomic E-state index is -0.396. The summed E-state index contributed by atoms with van der Waals surface area (Å²) in [4.78, 5) is 0. The normalized spacial score (nSPS) is 11.2. The van der Waals surface area contributed by atoms with Crippen LogP contribution in [0.15, 0.2) is 30.5 Å². The Morgan fingerprint density at radius 2 is 2.16 bits per heavy atom. The molecule has 0 unspecified atom stereocenters. The maximum absolute atomic E-state index is 13.1. The van der Waals surface area contributed by atoms with E-state index in [1.807, 2.05) is 10.7 Å². The first-order valence-electron chi connectivity index (χ1n) is 6.24. The van der Waals surface area contributed by atoms with Crippen LogP contribution in [0.1, 0.15) is 25.1 Å². The first-order chi connectivity index (χ1) is 9.06. The van der Waals surface area contributed by atoms with E-state index >= 15 is 0 Å². The van der Waals surface area contributed by atoms with Crippen LogP contribution in [0.3, 0.4) is 0 Å². The molecule has 0 amide bonds. The van der Waals surface area contributed by atoms with Crippen molar-refractivity contribution in [1.82, 2.24) is 15.1 Å². The molecule has 0 fully saturated rings. The monoisotopic (exact) mass is 281 g/mol. The number of hydrogen-bond acceptors (Lipinski definition) is 2. The van der Waals surface area contributed by atoms with Gasteiger partial charge in [0.15, 0.2) is 0 Å². The van der Waals surface area contributed by atoms with Crippen molar-refractivity contribution in [2.45, 2.75) is 33.0 Å². The Kier molecular flexibility index (Phi) is 4.56. The van der Waals surface area contributed by atoms with Crippen molar-refractivity contribution in [1.29, 1.82) is 0 Å². The molecule has 2 aromatic rings. The summed E-state index contributed by atoms with van der Waals surface area (Å²) in [7, 11) is 0. The van der Waals surface area contributed by atoms with Crippen molar-refractivity contribution in [2.75, 3.05) is 0 Å². The largest absolute Gasteiger partial charge is 0.309 e. The summed E-state index contributed by atoms with van der Waals surface area (Å²) in [6, 6.07) is 7.14. The van der Waals surface area contributed by atoms with Gasteiger partial charge in [-0.1, -0.05) is 31.5 Å². The molecule has 1 heterocycles. The molecule has 0 saturated heterocycles. The quantitative estimate of drug-likeness (QED) is 0.912. The molecule has 19 heavy (non-hydrogen) atoms. The lowest BCUT2D eigenvalue weighted by Crippen LogP contribution is -2.23. The Bertz CT molecular complexity index is 551. The molecule has 3 nitrogen and oxygen atoms in total. The van der Waals surface area contributed by atoms with Crippen LogP contribution in [0.2, 0.25) is 5.02 Å². The lowest BCUT2D eigenvalue weighted by atomic mass is 10.2. The fraction of sp³-hybridized carbons (Fsp3) is 0.357. The summed E-state index contributed by atoms with van der Waals surface area (Å²) in [5, 5.41) is 7.77. The standard InChI is InChI=1S/C14H17ClFN3/c1-10(2)17-8-12-5-6-18-19(12)9-11-3-4-14(16)13(15)7-11/h3-7,10,17H,8-9H2,1-2H3. The van der Waals surface area contributed by atoms with Crippen LogP contribution in [-0.4, -0.2) is 15.8 Å². The second-order valence-corrected chi connectivity index (χ2v) is 5.17. The second-order valence-electron chi connectivity index (χ2n) is 4.76. The minimum Gasteiger partial charge on any atom is -0.309 e. The Morgan fingerprint density at radius 3 is 2.84 bits per heavy atom. The van der Waals surface area contributed by atoms with Crippen molar-refractivity contribution in [3.05, 3.63) is 52.6 Å². The van der Waals surface area contributed by atoms with Crippen LogP contribution in [0.4, 0.5) is 4.39 Å². The van der Waals surface area contributed by atoms with Crippen molar-refractivity contribution >= 4 is 11.6 Å². The van der Waals surface area contributed by atoms with Crippen LogP contribution < -0.4 is 5.32 Å². The SMILES string of the molecule is CC(C)NCc1ccnn1Cc1ccc(F)c(Cl)c1. The van der Waals surface area contributed by atoms with E-state index in [4.69, 9.17) is 11.6 Å². The molecule has 0 aliphatic heterocycles. The fourth-order valence-electron chi connectivity index (χ4n) is 1.77. The highest BCUT2D eigenvalue weighted by molar-refractivity contribution is 6.30. The summed E-state index contributed by atoms with van der Waals surface area (Å²) in [5.41, 5.74) is 2.02. The van der Waals surface area contributed by atoms with E-state index in [1.165, 1.54) is 6.07 Å². The third-order valence-electron chi connectivity index (χ3n) is 2.81. The maximum atomic E-state index is 13.1. The van der Waals surface area contributed by atoms with E-state index in [0.29, 0.717) is 12.6 Å². The van der Waals surface area contributed by atoms with Crippen LogP contribution >= 0.6 is 11.6 Å². The Labute approximate surface area is 117 Å². The van der Waals surface area contributed by atoms with E-state index in [2.05, 4.69) is 24.3 Å². The molecule has 1 aromatic heterocycles. The number of nitrogens with zero attached hydrogens (tertiary/aromatic N) is 2. The number of halogens is 2. The van der Waals surface area contributed by atoms with Crippen LogP contribution in [0.5, 0.6) is 0 Å². The van der Waals surface area contributed by atoms with Gasteiger partial charge in [0.1, 0.15) is 5.82 Å². The van der Waals surface area contributed by atoms with Gasteiger partial charge in [-0.2, -0.15) is 5.10 Å². The predicted octanol–water partition coefficient (Wildman–Crippen LogP) is 3.22. The van der Waals surface area contributed by atoms with Gasteiger partial charge in [0, 0.05) is 18.8 Å². The lowest BCUT2D eigenvalue weighted by Gasteiger charge is -2.11. The molecular formula is C14H17ClFN3. The van der Waals surface area contributed by atoms with Gasteiger partial charge in [-0.25, -0.2) is 4.39 Å². The summed E-state index contributed by atoms with van der Waals surface area (Å²) < 4.78 is 15.0. The Balaban J connectivity index is 2.10. The van der Waals surface area contributed by atoms with Gasteiger partial charge in [0.2, 0.25) is 0 Å². The van der Waals surface area contributed by atoms with E-state index in [0.717, 1.165) is 17.8 Å². The van der Waals surface area contributed by atoms with Crippen molar-refractivity contribution in [2.24, 2.45) is 0 Å². The molecule has 0 saturated carbocycles. The zero-order chi connectivity index (χ0) is 13.8. The number of benzene rings is 1. The summed E-state index contributed by atoms with van der Waals surface area (Å²) in [6.45, 7) is 5.54. The number of aromatic nitrogens is 2. The highest BCUT2D eigenvalue weighted by Gasteiger charge is 2.06. The van der Waals surface area contributed by atoms with Gasteiger partial charge < -0.3 is 5.32 Å². The number of rotatable bonds is 5. The molecule has 0 spiro atoms. The van der Waals surface area contributed by atoms with E-state index in [9.17, 15) is 4.39 Å². The summed E-state index contributed by atoms with van der Waals surface area (Å²) >= 11 is 5.78. The third-order valence-corrected chi connectivity index (χ3v) is 3.10. The first kappa shape index (κ1) is 14.0. The molecular weight excluding hydrogens is 265 g/mol. The zero-order valence-corrected chi connectivity index (χ0v) is 11.8. The third kappa shape index (κ3) is 3.78. The lowest BCUT2D eigenvalue weighted by molar-refractivity contribution is 0.547. The fourth-order valence-corrected chi connectivity index (χ4v) is 1.98. The van der Waals surface area contributed by atoms with Crippen molar-refractivity contribution in [3.8, 4) is 0 Å². The number of nitrogens with one attached hydrogen (secondary N) is 1. The predicted molar refractivity (Wildman–Crippen MR) is 74.7 cm³/mol. The number of hydrogen-bond donors (Lipinski definition) is 1. The molecule has 0 radical (unpaired) electrons. The minimum absolute atomic E-state index is 0.145. The molecule has 1 N–H and O–H groups in total. The molecule has 1 aromatic carbocycles. The average Bonchev–Trinajstić information content (AvgIpc) is 2.79. The van der Waals surface area contributed by atoms with Crippen LogP contribution in [0, 0.1) is 5.82 Å². The highest BCUT2D eigenvalue weighted by Crippen LogP contribution is 2.17. The van der Waals surface area contributed by atoms with E-state index in [-0.39, 0.29) is 5.02 Å². The molecule has 102 valence electrons. The van der Waals surface area contributed by atoms with Gasteiger partial charge in [0.25, 0.3) is 0 Å². The van der Waals surface area contributed by atoms with Crippen LogP contribution in [-0.2, 0) is 13.1 Å². The summed E-state index contributed by atoms with van der Waals surface area (Å²) in [5.74, 6) is -0.396. The first-order valence-corrected chi connectivity index (χ1v) is 6.62. The maximum Gasteiger partial charge on any atom is 0.141 e. The zero-order valence-electron chi connectivity index (χ0n) is 11.0. The highest BCUT2D eigenvalue weighted by atomic mass is 35.5. The van der Waals surface area contributed by atoms with Gasteiger partial charge in [-0.05, 0) is 23.8 Å². The van der Waals surface area contributed by atoms with Gasteiger partial charge in [-0.15, -0.1) is 0 Å². The smallest absolute Gasteiger partial charge is 0.141 e. The average molecular weight is 282 g/mol. The summed E-state index contributed by atoms with van der Waals surface area (Å²) in [6.07, 6.45) is 1.77. The topological polar surface area (TPSA) is 29.9 Å². The second kappa shape index (κ2) is 6.17. The van der Waals surface area contributed by atoms with Crippen molar-refractivity contribution in [3.63, 3.8) is 0 Å². The van der Waals surface area contributed by atoms with E-state index in [1.54, 1.807) is 18.3 Å². The van der Waals surface area contributed by atoms with Crippen molar-refractivity contribution < 1.29 is 4.39 Å².